The fraction of sp³-hybridized carbons (Fsp3) is 0.357. The Morgan fingerprint density at radius 1 is 1.32 bits per heavy atom. The fourth-order valence-electron chi connectivity index (χ4n) is 1.89. The first-order valence-electron chi connectivity index (χ1n) is 6.33. The van der Waals surface area contributed by atoms with Gasteiger partial charge in [0.05, 0.1) is 9.26 Å². The number of aryl methyl sites for hydroxylation is 2. The second-order valence-corrected chi connectivity index (χ2v) is 5.40. The van der Waals surface area contributed by atoms with Gasteiger partial charge in [-0.2, -0.15) is 0 Å². The molecule has 5 heteroatoms. The van der Waals surface area contributed by atoms with Crippen molar-refractivity contribution in [2.45, 2.75) is 26.7 Å². The first-order valence-corrected chi connectivity index (χ1v) is 7.41. The second-order valence-electron chi connectivity index (χ2n) is 4.33. The van der Waals surface area contributed by atoms with E-state index in [9.17, 15) is 0 Å². The molecule has 0 spiro atoms. The molecular formula is C14H17IN4. The Kier molecular flexibility index (Phi) is 4.68. The summed E-state index contributed by atoms with van der Waals surface area (Å²) in [5, 5.41) is 3.14. The monoisotopic (exact) mass is 368 g/mol. The van der Waals surface area contributed by atoms with Gasteiger partial charge in [-0.05, 0) is 47.6 Å². The van der Waals surface area contributed by atoms with Gasteiger partial charge in [-0.25, -0.2) is 9.97 Å². The van der Waals surface area contributed by atoms with Crippen LogP contribution < -0.4 is 5.32 Å². The lowest BCUT2D eigenvalue weighted by atomic mass is 10.2. The molecule has 2 aromatic heterocycles. The molecule has 1 N–H and O–H groups in total. The topological polar surface area (TPSA) is 50.7 Å². The van der Waals surface area contributed by atoms with Crippen LogP contribution in [0.1, 0.15) is 24.6 Å². The molecule has 0 atom stereocenters. The van der Waals surface area contributed by atoms with E-state index in [0.717, 1.165) is 39.2 Å². The number of hydrogen-bond donors (Lipinski definition) is 1. The highest BCUT2D eigenvalue weighted by molar-refractivity contribution is 14.1. The summed E-state index contributed by atoms with van der Waals surface area (Å²) in [7, 11) is 1.88. The van der Waals surface area contributed by atoms with E-state index in [-0.39, 0.29) is 0 Å². The lowest BCUT2D eigenvalue weighted by molar-refractivity contribution is 0.866. The Bertz CT molecular complexity index is 584. The molecule has 19 heavy (non-hydrogen) atoms. The Labute approximate surface area is 127 Å². The highest BCUT2D eigenvalue weighted by Gasteiger charge is 2.14. The molecule has 0 saturated carbocycles. The zero-order valence-corrected chi connectivity index (χ0v) is 13.5. The van der Waals surface area contributed by atoms with Gasteiger partial charge in [-0.1, -0.05) is 19.4 Å². The van der Waals surface area contributed by atoms with Gasteiger partial charge in [0.2, 0.25) is 0 Å². The lowest BCUT2D eigenvalue weighted by Gasteiger charge is -2.11. The van der Waals surface area contributed by atoms with Crippen molar-refractivity contribution in [3.8, 4) is 11.5 Å². The van der Waals surface area contributed by atoms with Crippen molar-refractivity contribution >= 4 is 28.4 Å². The second kappa shape index (κ2) is 6.27. The molecule has 100 valence electrons. The molecule has 2 rings (SSSR count). The van der Waals surface area contributed by atoms with Crippen molar-refractivity contribution in [2.75, 3.05) is 12.4 Å². The molecule has 2 heterocycles. The standard InChI is InChI=1S/C14H17IN4/c1-4-6-10-11(15)13(16-3)19-14(18-10)12-9(2)7-5-8-17-12/h5,7-8H,4,6H2,1-3H3,(H,16,18,19). The molecule has 0 aliphatic rings. The van der Waals surface area contributed by atoms with E-state index in [1.807, 2.05) is 26.1 Å². The van der Waals surface area contributed by atoms with Crippen LogP contribution in [0.15, 0.2) is 18.3 Å². The first-order chi connectivity index (χ1) is 9.17. The molecule has 0 amide bonds. The van der Waals surface area contributed by atoms with E-state index in [1.165, 1.54) is 0 Å². The average Bonchev–Trinajstić information content (AvgIpc) is 2.42. The maximum Gasteiger partial charge on any atom is 0.180 e. The highest BCUT2D eigenvalue weighted by atomic mass is 127. The van der Waals surface area contributed by atoms with Crippen molar-refractivity contribution in [2.24, 2.45) is 0 Å². The zero-order chi connectivity index (χ0) is 13.8. The number of hydrogen-bond acceptors (Lipinski definition) is 4. The summed E-state index contributed by atoms with van der Waals surface area (Å²) in [5.74, 6) is 1.57. The number of pyridine rings is 1. The van der Waals surface area contributed by atoms with Crippen LogP contribution in [0.3, 0.4) is 0 Å². The number of aromatic nitrogens is 3. The molecule has 0 unspecified atom stereocenters. The maximum absolute atomic E-state index is 4.68. The smallest absolute Gasteiger partial charge is 0.180 e. The average molecular weight is 368 g/mol. The Balaban J connectivity index is 2.58. The predicted molar refractivity (Wildman–Crippen MR) is 86.3 cm³/mol. The Hall–Kier alpha value is -1.24. The van der Waals surface area contributed by atoms with Crippen molar-refractivity contribution < 1.29 is 0 Å². The van der Waals surface area contributed by atoms with Crippen molar-refractivity contribution in [1.29, 1.82) is 0 Å². The fourth-order valence-corrected chi connectivity index (χ4v) is 2.67. The zero-order valence-electron chi connectivity index (χ0n) is 11.4. The van der Waals surface area contributed by atoms with Gasteiger partial charge < -0.3 is 5.32 Å². The summed E-state index contributed by atoms with van der Waals surface area (Å²) in [6.45, 7) is 4.19. The van der Waals surface area contributed by atoms with Crippen molar-refractivity contribution in [1.82, 2.24) is 15.0 Å². The Morgan fingerprint density at radius 2 is 2.11 bits per heavy atom. The van der Waals surface area contributed by atoms with Gasteiger partial charge >= 0.3 is 0 Å². The summed E-state index contributed by atoms with van der Waals surface area (Å²) in [5.41, 5.74) is 3.03. The molecule has 0 bridgehead atoms. The third-order valence-electron chi connectivity index (χ3n) is 2.86. The molecule has 0 aliphatic heterocycles. The first kappa shape index (κ1) is 14.2. The molecule has 0 fully saturated rings. The molecule has 0 aliphatic carbocycles. The summed E-state index contributed by atoms with van der Waals surface area (Å²) < 4.78 is 1.10. The molecule has 2 aromatic rings. The van der Waals surface area contributed by atoms with Gasteiger partial charge in [0.15, 0.2) is 5.82 Å². The van der Waals surface area contributed by atoms with Crippen LogP contribution in [0.4, 0.5) is 5.82 Å². The van der Waals surface area contributed by atoms with E-state index in [4.69, 9.17) is 0 Å². The SMILES string of the molecule is CCCc1nc(-c2ncccc2C)nc(NC)c1I. The summed E-state index contributed by atoms with van der Waals surface area (Å²) in [6.07, 6.45) is 3.80. The molecule has 0 aromatic carbocycles. The number of rotatable bonds is 4. The van der Waals surface area contributed by atoms with Gasteiger partial charge in [0.25, 0.3) is 0 Å². The van der Waals surface area contributed by atoms with Crippen LogP contribution in [0.5, 0.6) is 0 Å². The van der Waals surface area contributed by atoms with Gasteiger partial charge in [-0.3, -0.25) is 4.98 Å². The molecule has 0 saturated heterocycles. The van der Waals surface area contributed by atoms with Crippen LogP contribution >= 0.6 is 22.6 Å². The minimum absolute atomic E-state index is 0.700. The van der Waals surface area contributed by atoms with Crippen LogP contribution in [0.2, 0.25) is 0 Å². The van der Waals surface area contributed by atoms with Gasteiger partial charge in [0.1, 0.15) is 11.5 Å². The number of nitrogens with one attached hydrogen (secondary N) is 1. The quantitative estimate of drug-likeness (QED) is 0.840. The maximum atomic E-state index is 4.68. The predicted octanol–water partition coefficient (Wildman–Crippen LogP) is 3.45. The lowest BCUT2D eigenvalue weighted by Crippen LogP contribution is -2.06. The van der Waals surface area contributed by atoms with Gasteiger partial charge in [-0.15, -0.1) is 0 Å². The normalized spacial score (nSPS) is 10.5. The highest BCUT2D eigenvalue weighted by Crippen LogP contribution is 2.25. The third-order valence-corrected chi connectivity index (χ3v) is 4.00. The summed E-state index contributed by atoms with van der Waals surface area (Å²) >= 11 is 2.30. The Morgan fingerprint density at radius 3 is 2.74 bits per heavy atom. The molecule has 0 radical (unpaired) electrons. The van der Waals surface area contributed by atoms with Crippen LogP contribution in [-0.2, 0) is 6.42 Å². The van der Waals surface area contributed by atoms with Crippen LogP contribution in [-0.4, -0.2) is 22.0 Å². The summed E-state index contributed by atoms with van der Waals surface area (Å²) in [4.78, 5) is 13.7. The number of anilines is 1. The van der Waals surface area contributed by atoms with Crippen molar-refractivity contribution in [3.63, 3.8) is 0 Å². The molecule has 4 nitrogen and oxygen atoms in total. The van der Waals surface area contributed by atoms with E-state index < -0.39 is 0 Å². The van der Waals surface area contributed by atoms with E-state index in [2.05, 4.69) is 49.8 Å². The van der Waals surface area contributed by atoms with Crippen LogP contribution in [0, 0.1) is 10.5 Å². The van der Waals surface area contributed by atoms with E-state index in [1.54, 1.807) is 6.20 Å². The minimum Gasteiger partial charge on any atom is -0.372 e. The van der Waals surface area contributed by atoms with Gasteiger partial charge in [0, 0.05) is 13.2 Å². The number of halogens is 1. The largest absolute Gasteiger partial charge is 0.372 e. The van der Waals surface area contributed by atoms with E-state index in [0.29, 0.717) is 5.82 Å². The van der Waals surface area contributed by atoms with E-state index >= 15 is 0 Å². The molecular weight excluding hydrogens is 351 g/mol. The minimum atomic E-state index is 0.700. The number of nitrogens with zero attached hydrogens (tertiary/aromatic N) is 3. The third kappa shape index (κ3) is 3.02. The summed E-state index contributed by atoms with van der Waals surface area (Å²) in [6, 6.07) is 3.96. The van der Waals surface area contributed by atoms with Crippen LogP contribution in [0.25, 0.3) is 11.5 Å². The van der Waals surface area contributed by atoms with Crippen molar-refractivity contribution in [3.05, 3.63) is 33.2 Å².